The summed E-state index contributed by atoms with van der Waals surface area (Å²) in [6.45, 7) is 1.62. The fourth-order valence-electron chi connectivity index (χ4n) is 4.83. The van der Waals surface area contributed by atoms with E-state index in [-0.39, 0.29) is 5.91 Å². The van der Waals surface area contributed by atoms with E-state index in [1.807, 2.05) is 59.5 Å². The van der Waals surface area contributed by atoms with Gasteiger partial charge in [-0.2, -0.15) is 0 Å². The summed E-state index contributed by atoms with van der Waals surface area (Å²) in [6, 6.07) is 26.0. The van der Waals surface area contributed by atoms with Crippen LogP contribution < -0.4 is 4.74 Å². The Bertz CT molecular complexity index is 993. The number of fused-ring (bicyclic) bond motifs is 1. The van der Waals surface area contributed by atoms with Crippen LogP contribution in [0.5, 0.6) is 11.5 Å². The smallest absolute Gasteiger partial charge is 0.257 e. The first-order valence-corrected chi connectivity index (χ1v) is 10.4. The van der Waals surface area contributed by atoms with Gasteiger partial charge < -0.3 is 9.64 Å². The Labute approximate surface area is 171 Å². The molecule has 0 unspecified atom stereocenters. The van der Waals surface area contributed by atoms with Crippen molar-refractivity contribution in [1.82, 2.24) is 4.90 Å². The van der Waals surface area contributed by atoms with E-state index in [9.17, 15) is 4.79 Å². The minimum absolute atomic E-state index is 0.0712. The molecular formula is C26H25NO2. The van der Waals surface area contributed by atoms with E-state index in [0.29, 0.717) is 16.7 Å². The van der Waals surface area contributed by atoms with Crippen LogP contribution in [0.1, 0.15) is 34.3 Å². The first-order valence-electron chi connectivity index (χ1n) is 10.4. The first-order chi connectivity index (χ1) is 14.2. The van der Waals surface area contributed by atoms with Gasteiger partial charge in [0.15, 0.2) is 0 Å². The number of para-hydroxylation sites is 2. The third-order valence-corrected chi connectivity index (χ3v) is 6.45. The molecule has 146 valence electrons. The zero-order valence-electron chi connectivity index (χ0n) is 16.5. The number of carbonyl (C=O) groups excluding carboxylic acids is 1. The molecule has 3 aromatic rings. The molecule has 1 fully saturated rings. The van der Waals surface area contributed by atoms with Gasteiger partial charge >= 0.3 is 0 Å². The Kier molecular flexibility index (Phi) is 4.59. The monoisotopic (exact) mass is 383 g/mol. The van der Waals surface area contributed by atoms with Gasteiger partial charge in [-0.05, 0) is 66.5 Å². The molecule has 1 heterocycles. The first kappa shape index (κ1) is 18.0. The predicted octanol–water partition coefficient (Wildman–Crippen LogP) is 5.50. The molecule has 0 radical (unpaired) electrons. The van der Waals surface area contributed by atoms with Gasteiger partial charge in [-0.1, -0.05) is 54.6 Å². The maximum Gasteiger partial charge on any atom is 0.257 e. The van der Waals surface area contributed by atoms with Crippen molar-refractivity contribution in [1.29, 1.82) is 0 Å². The molecule has 0 atom stereocenters. The third kappa shape index (κ3) is 3.53. The highest BCUT2D eigenvalue weighted by molar-refractivity contribution is 5.97. The summed E-state index contributed by atoms with van der Waals surface area (Å²) in [5.41, 5.74) is 3.96. The summed E-state index contributed by atoms with van der Waals surface area (Å²) in [5, 5.41) is 0. The summed E-state index contributed by atoms with van der Waals surface area (Å²) in [6.07, 6.45) is 4.43. The third-order valence-electron chi connectivity index (χ3n) is 6.45. The summed E-state index contributed by atoms with van der Waals surface area (Å²) in [4.78, 5) is 15.3. The van der Waals surface area contributed by atoms with Gasteiger partial charge in [0.1, 0.15) is 11.5 Å². The van der Waals surface area contributed by atoms with Gasteiger partial charge in [-0.3, -0.25) is 4.79 Å². The Morgan fingerprint density at radius 3 is 2.03 bits per heavy atom. The van der Waals surface area contributed by atoms with Gasteiger partial charge in [0, 0.05) is 13.1 Å². The van der Waals surface area contributed by atoms with E-state index in [1.54, 1.807) is 0 Å². The van der Waals surface area contributed by atoms with Crippen LogP contribution in [0.2, 0.25) is 0 Å². The molecule has 1 amide bonds. The van der Waals surface area contributed by atoms with Gasteiger partial charge in [0.2, 0.25) is 0 Å². The van der Waals surface area contributed by atoms with Crippen molar-refractivity contribution < 1.29 is 9.53 Å². The van der Waals surface area contributed by atoms with E-state index < -0.39 is 0 Å². The van der Waals surface area contributed by atoms with Crippen molar-refractivity contribution >= 4 is 5.91 Å². The van der Waals surface area contributed by atoms with Crippen molar-refractivity contribution in [2.75, 3.05) is 13.1 Å². The molecule has 0 N–H and O–H groups in total. The molecule has 1 aliphatic heterocycles. The Morgan fingerprint density at radius 1 is 0.759 bits per heavy atom. The minimum Gasteiger partial charge on any atom is -0.457 e. The topological polar surface area (TPSA) is 29.5 Å². The number of hydrogen-bond acceptors (Lipinski definition) is 2. The number of ether oxygens (including phenoxy) is 1. The molecule has 0 bridgehead atoms. The summed E-state index contributed by atoms with van der Waals surface area (Å²) in [5.74, 6) is 1.44. The van der Waals surface area contributed by atoms with Gasteiger partial charge in [-0.25, -0.2) is 0 Å². The molecule has 1 aliphatic carbocycles. The lowest BCUT2D eigenvalue weighted by Crippen LogP contribution is -2.43. The van der Waals surface area contributed by atoms with Crippen LogP contribution in [0.15, 0.2) is 78.9 Å². The molecule has 3 aromatic carbocycles. The Morgan fingerprint density at radius 2 is 1.34 bits per heavy atom. The number of likely N-dealkylation sites (tertiary alicyclic amines) is 1. The van der Waals surface area contributed by atoms with Crippen LogP contribution in [0.25, 0.3) is 0 Å². The molecule has 3 nitrogen and oxygen atoms in total. The second-order valence-corrected chi connectivity index (χ2v) is 8.33. The Hall–Kier alpha value is -3.07. The summed E-state index contributed by atoms with van der Waals surface area (Å²) < 4.78 is 6.01. The molecular weight excluding hydrogens is 358 g/mol. The number of nitrogens with zero attached hydrogens (tertiary/aromatic N) is 1. The maximum atomic E-state index is 13.3. The second-order valence-electron chi connectivity index (χ2n) is 8.33. The van der Waals surface area contributed by atoms with Crippen LogP contribution in [-0.2, 0) is 12.8 Å². The molecule has 29 heavy (non-hydrogen) atoms. The molecule has 1 spiro atoms. The van der Waals surface area contributed by atoms with Crippen molar-refractivity contribution in [3.8, 4) is 11.5 Å². The number of carbonyl (C=O) groups is 1. The van der Waals surface area contributed by atoms with E-state index in [2.05, 4.69) is 24.3 Å². The SMILES string of the molecule is O=C(c1ccccc1Oc1ccccc1)N1CCC2(CC1)Cc1ccccc1C2. The van der Waals surface area contributed by atoms with Crippen molar-refractivity contribution in [3.63, 3.8) is 0 Å². The number of hydrogen-bond donors (Lipinski definition) is 0. The number of rotatable bonds is 3. The van der Waals surface area contributed by atoms with Crippen molar-refractivity contribution in [2.45, 2.75) is 25.7 Å². The largest absolute Gasteiger partial charge is 0.457 e. The standard InChI is InChI=1S/C26H25NO2/c28-25(23-12-6-7-13-24(23)29-22-10-2-1-3-11-22)27-16-14-26(15-17-27)18-20-8-4-5-9-21(20)19-26/h1-13H,14-19H2. The van der Waals surface area contributed by atoms with Gasteiger partial charge in [0.05, 0.1) is 5.56 Å². The number of benzene rings is 3. The van der Waals surface area contributed by atoms with E-state index in [4.69, 9.17) is 4.74 Å². The molecule has 3 heteroatoms. The number of piperidine rings is 1. The zero-order valence-corrected chi connectivity index (χ0v) is 16.5. The highest BCUT2D eigenvalue weighted by Crippen LogP contribution is 2.44. The average Bonchev–Trinajstić information content (AvgIpc) is 3.12. The summed E-state index contributed by atoms with van der Waals surface area (Å²) >= 11 is 0. The summed E-state index contributed by atoms with van der Waals surface area (Å²) in [7, 11) is 0. The Balaban J connectivity index is 1.30. The van der Waals surface area contributed by atoms with Crippen LogP contribution in [-0.4, -0.2) is 23.9 Å². The van der Waals surface area contributed by atoms with Crippen molar-refractivity contribution in [3.05, 3.63) is 95.6 Å². The molecule has 0 aromatic heterocycles. The minimum atomic E-state index is 0.0712. The fraction of sp³-hybridized carbons (Fsp3) is 0.269. The van der Waals surface area contributed by atoms with Crippen LogP contribution >= 0.6 is 0 Å². The number of amides is 1. The van der Waals surface area contributed by atoms with Gasteiger partial charge in [-0.15, -0.1) is 0 Å². The van der Waals surface area contributed by atoms with Crippen molar-refractivity contribution in [2.24, 2.45) is 5.41 Å². The van der Waals surface area contributed by atoms with E-state index in [0.717, 1.165) is 44.5 Å². The lowest BCUT2D eigenvalue weighted by atomic mass is 9.76. The lowest BCUT2D eigenvalue weighted by molar-refractivity contribution is 0.0591. The molecule has 2 aliphatic rings. The lowest BCUT2D eigenvalue weighted by Gasteiger charge is -2.39. The average molecular weight is 383 g/mol. The zero-order chi connectivity index (χ0) is 19.7. The van der Waals surface area contributed by atoms with Crippen LogP contribution in [0.3, 0.4) is 0 Å². The fourth-order valence-corrected chi connectivity index (χ4v) is 4.83. The van der Waals surface area contributed by atoms with Gasteiger partial charge in [0.25, 0.3) is 5.91 Å². The van der Waals surface area contributed by atoms with E-state index in [1.165, 1.54) is 11.1 Å². The van der Waals surface area contributed by atoms with Crippen LogP contribution in [0, 0.1) is 5.41 Å². The highest BCUT2D eigenvalue weighted by atomic mass is 16.5. The maximum absolute atomic E-state index is 13.3. The predicted molar refractivity (Wildman–Crippen MR) is 114 cm³/mol. The van der Waals surface area contributed by atoms with Crippen LogP contribution in [0.4, 0.5) is 0 Å². The van der Waals surface area contributed by atoms with E-state index >= 15 is 0 Å². The second kappa shape index (κ2) is 7.40. The normalized spacial score (nSPS) is 17.2. The molecule has 0 saturated carbocycles. The highest BCUT2D eigenvalue weighted by Gasteiger charge is 2.40. The quantitative estimate of drug-likeness (QED) is 0.598. The molecule has 5 rings (SSSR count). The molecule has 1 saturated heterocycles.